The predicted octanol–water partition coefficient (Wildman–Crippen LogP) is 2.74. The summed E-state index contributed by atoms with van der Waals surface area (Å²) < 4.78 is 10.5. The third-order valence-electron chi connectivity index (χ3n) is 1.62. The van der Waals surface area contributed by atoms with Crippen LogP contribution in [0, 0.1) is 3.57 Å². The molecule has 0 aliphatic carbocycles. The predicted molar refractivity (Wildman–Crippen MR) is 62.1 cm³/mol. The van der Waals surface area contributed by atoms with Gasteiger partial charge in [-0.3, -0.25) is 0 Å². The van der Waals surface area contributed by atoms with Gasteiger partial charge < -0.3 is 9.47 Å². The van der Waals surface area contributed by atoms with Crippen LogP contribution in [-0.2, 0) is 4.74 Å². The largest absolute Gasteiger partial charge is 0.495 e. The molecular weight excluding hydrogens is 318 g/mol. The lowest BCUT2D eigenvalue weighted by Gasteiger charge is -2.09. The topological polar surface area (TPSA) is 35.5 Å². The third kappa shape index (κ3) is 2.30. The Morgan fingerprint density at radius 2 is 2.07 bits per heavy atom. The maximum atomic E-state index is 11.3. The zero-order valence-corrected chi connectivity index (χ0v) is 10.5. The fourth-order valence-electron chi connectivity index (χ4n) is 1.03. The van der Waals surface area contributed by atoms with E-state index in [0.29, 0.717) is 16.3 Å². The van der Waals surface area contributed by atoms with Crippen molar-refractivity contribution in [2.45, 2.75) is 0 Å². The van der Waals surface area contributed by atoms with Gasteiger partial charge in [-0.15, -0.1) is 0 Å². The lowest BCUT2D eigenvalue weighted by Crippen LogP contribution is -2.05. The Morgan fingerprint density at radius 3 is 2.57 bits per heavy atom. The Kier molecular flexibility index (Phi) is 4.00. The number of esters is 1. The minimum absolute atomic E-state index is 0.340. The van der Waals surface area contributed by atoms with E-state index in [1.807, 2.05) is 22.6 Å². The van der Waals surface area contributed by atoms with Crippen molar-refractivity contribution < 1.29 is 14.3 Å². The maximum absolute atomic E-state index is 11.3. The number of hydrogen-bond acceptors (Lipinski definition) is 3. The molecule has 0 amide bonds. The lowest BCUT2D eigenvalue weighted by atomic mass is 10.2. The minimum atomic E-state index is -0.456. The third-order valence-corrected chi connectivity index (χ3v) is 2.64. The smallest absolute Gasteiger partial charge is 0.341 e. The molecule has 0 saturated carbocycles. The fourth-order valence-corrected chi connectivity index (χ4v) is 2.28. The molecule has 0 heterocycles. The second kappa shape index (κ2) is 4.84. The van der Waals surface area contributed by atoms with Crippen molar-refractivity contribution >= 4 is 40.2 Å². The van der Waals surface area contributed by atoms with Gasteiger partial charge in [-0.2, -0.15) is 0 Å². The summed E-state index contributed by atoms with van der Waals surface area (Å²) in [5, 5.41) is 0.482. The number of benzene rings is 1. The van der Waals surface area contributed by atoms with Gasteiger partial charge in [0.25, 0.3) is 0 Å². The molecule has 0 N–H and O–H groups in total. The van der Waals surface area contributed by atoms with Crippen LogP contribution in [0.15, 0.2) is 12.1 Å². The molecule has 1 aromatic rings. The molecule has 0 aliphatic heterocycles. The SMILES string of the molecule is COC(=O)c1cc(Cl)cc(I)c1OC. The van der Waals surface area contributed by atoms with Crippen LogP contribution in [0.5, 0.6) is 5.75 Å². The van der Waals surface area contributed by atoms with Gasteiger partial charge in [0.05, 0.1) is 17.8 Å². The zero-order valence-electron chi connectivity index (χ0n) is 7.64. The first-order valence-corrected chi connectivity index (χ1v) is 5.17. The number of ether oxygens (including phenoxy) is 2. The quantitative estimate of drug-likeness (QED) is 0.619. The van der Waals surface area contributed by atoms with Crippen LogP contribution in [-0.4, -0.2) is 20.2 Å². The second-order valence-electron chi connectivity index (χ2n) is 2.46. The molecule has 0 aliphatic rings. The van der Waals surface area contributed by atoms with E-state index in [9.17, 15) is 4.79 Å². The minimum Gasteiger partial charge on any atom is -0.495 e. The molecule has 0 bridgehead atoms. The van der Waals surface area contributed by atoms with Gasteiger partial charge in [-0.1, -0.05) is 11.6 Å². The van der Waals surface area contributed by atoms with E-state index < -0.39 is 5.97 Å². The second-order valence-corrected chi connectivity index (χ2v) is 4.06. The molecule has 5 heteroatoms. The lowest BCUT2D eigenvalue weighted by molar-refractivity contribution is 0.0597. The molecular formula is C9H8ClIO3. The van der Waals surface area contributed by atoms with Crippen molar-refractivity contribution in [3.05, 3.63) is 26.3 Å². The highest BCUT2D eigenvalue weighted by Gasteiger charge is 2.16. The Morgan fingerprint density at radius 1 is 1.43 bits per heavy atom. The van der Waals surface area contributed by atoms with Crippen LogP contribution in [0.3, 0.4) is 0 Å². The van der Waals surface area contributed by atoms with Crippen LogP contribution in [0.2, 0.25) is 5.02 Å². The Balaban J connectivity index is 3.32. The number of carbonyl (C=O) groups is 1. The van der Waals surface area contributed by atoms with E-state index in [4.69, 9.17) is 16.3 Å². The molecule has 1 aromatic carbocycles. The molecule has 0 aromatic heterocycles. The first kappa shape index (κ1) is 11.6. The summed E-state index contributed by atoms with van der Waals surface area (Å²) in [4.78, 5) is 11.3. The number of rotatable bonds is 2. The average molecular weight is 327 g/mol. The fraction of sp³-hybridized carbons (Fsp3) is 0.222. The van der Waals surface area contributed by atoms with E-state index in [2.05, 4.69) is 4.74 Å². The van der Waals surface area contributed by atoms with Crippen LogP contribution >= 0.6 is 34.2 Å². The highest BCUT2D eigenvalue weighted by Crippen LogP contribution is 2.29. The van der Waals surface area contributed by atoms with Gasteiger partial charge in [-0.05, 0) is 34.7 Å². The number of halogens is 2. The van der Waals surface area contributed by atoms with Crippen molar-refractivity contribution in [3.8, 4) is 5.75 Å². The number of methoxy groups -OCH3 is 2. The molecule has 14 heavy (non-hydrogen) atoms. The molecule has 0 spiro atoms. The van der Waals surface area contributed by atoms with Crippen molar-refractivity contribution in [2.24, 2.45) is 0 Å². The van der Waals surface area contributed by atoms with E-state index >= 15 is 0 Å². The van der Waals surface area contributed by atoms with Crippen molar-refractivity contribution in [3.63, 3.8) is 0 Å². The van der Waals surface area contributed by atoms with Gasteiger partial charge in [-0.25, -0.2) is 4.79 Å². The highest BCUT2D eigenvalue weighted by atomic mass is 127. The van der Waals surface area contributed by atoms with Crippen LogP contribution < -0.4 is 4.74 Å². The van der Waals surface area contributed by atoms with E-state index in [-0.39, 0.29) is 0 Å². The Labute approximate surface area is 100 Å². The van der Waals surface area contributed by atoms with Crippen molar-refractivity contribution in [1.82, 2.24) is 0 Å². The summed E-state index contributed by atoms with van der Waals surface area (Å²) in [6, 6.07) is 3.24. The maximum Gasteiger partial charge on any atom is 0.341 e. The normalized spacial score (nSPS) is 9.71. The molecule has 76 valence electrons. The summed E-state index contributed by atoms with van der Waals surface area (Å²) in [6.45, 7) is 0. The first-order valence-electron chi connectivity index (χ1n) is 3.71. The Bertz CT molecular complexity index is 365. The monoisotopic (exact) mass is 326 g/mol. The molecule has 0 radical (unpaired) electrons. The zero-order chi connectivity index (χ0) is 10.7. The summed E-state index contributed by atoms with van der Waals surface area (Å²) in [7, 11) is 2.81. The molecule has 3 nitrogen and oxygen atoms in total. The van der Waals surface area contributed by atoms with Crippen LogP contribution in [0.4, 0.5) is 0 Å². The first-order chi connectivity index (χ1) is 6.60. The standard InChI is InChI=1S/C9H8ClIO3/c1-13-8-6(9(12)14-2)3-5(10)4-7(8)11/h3-4H,1-2H3. The number of carbonyl (C=O) groups excluding carboxylic acids is 1. The van der Waals surface area contributed by atoms with Gasteiger partial charge in [0.2, 0.25) is 0 Å². The van der Waals surface area contributed by atoms with E-state index in [1.165, 1.54) is 20.3 Å². The summed E-state index contributed by atoms with van der Waals surface area (Å²) in [5.41, 5.74) is 0.340. The molecule has 0 unspecified atom stereocenters. The van der Waals surface area contributed by atoms with Gasteiger partial charge in [0.1, 0.15) is 11.3 Å². The van der Waals surface area contributed by atoms with Gasteiger partial charge in [0.15, 0.2) is 0 Å². The highest BCUT2D eigenvalue weighted by molar-refractivity contribution is 14.1. The molecule has 0 atom stereocenters. The van der Waals surface area contributed by atoms with Gasteiger partial charge >= 0.3 is 5.97 Å². The van der Waals surface area contributed by atoms with Crippen LogP contribution in [0.25, 0.3) is 0 Å². The van der Waals surface area contributed by atoms with E-state index in [0.717, 1.165) is 3.57 Å². The molecule has 0 fully saturated rings. The summed E-state index contributed by atoms with van der Waals surface area (Å²) in [5.74, 6) is 0.0316. The van der Waals surface area contributed by atoms with Gasteiger partial charge in [0, 0.05) is 5.02 Å². The Hall–Kier alpha value is -0.490. The summed E-state index contributed by atoms with van der Waals surface area (Å²) >= 11 is 7.86. The van der Waals surface area contributed by atoms with Crippen molar-refractivity contribution in [1.29, 1.82) is 0 Å². The summed E-state index contributed by atoms with van der Waals surface area (Å²) in [6.07, 6.45) is 0. The average Bonchev–Trinajstić information content (AvgIpc) is 2.15. The number of hydrogen-bond donors (Lipinski definition) is 0. The van der Waals surface area contributed by atoms with Crippen molar-refractivity contribution in [2.75, 3.05) is 14.2 Å². The molecule has 1 rings (SSSR count). The van der Waals surface area contributed by atoms with Crippen LogP contribution in [0.1, 0.15) is 10.4 Å². The molecule has 0 saturated heterocycles. The van der Waals surface area contributed by atoms with E-state index in [1.54, 1.807) is 6.07 Å².